The van der Waals surface area contributed by atoms with Gasteiger partial charge in [0.05, 0.1) is 16.2 Å². The zero-order valence-electron chi connectivity index (χ0n) is 10.1. The molecule has 0 saturated carbocycles. The molecule has 96 valence electrons. The standard InChI is InChI=1S/C13H15BrFN3/c1-2-8-18-11(6-7-17-18)13(16)9-4-3-5-10(14)12(9)15/h3-7,13H,2,8,16H2,1H3. The van der Waals surface area contributed by atoms with Crippen LogP contribution in [0.15, 0.2) is 34.9 Å². The summed E-state index contributed by atoms with van der Waals surface area (Å²) in [7, 11) is 0. The minimum atomic E-state index is -0.503. The van der Waals surface area contributed by atoms with E-state index in [4.69, 9.17) is 5.73 Å². The van der Waals surface area contributed by atoms with E-state index in [1.54, 1.807) is 24.4 Å². The van der Waals surface area contributed by atoms with E-state index in [2.05, 4.69) is 28.0 Å². The molecule has 1 aromatic heterocycles. The first-order valence-corrected chi connectivity index (χ1v) is 6.65. The highest BCUT2D eigenvalue weighted by Crippen LogP contribution is 2.26. The molecule has 0 aliphatic rings. The fourth-order valence-electron chi connectivity index (χ4n) is 1.93. The van der Waals surface area contributed by atoms with E-state index in [1.165, 1.54) is 0 Å². The Labute approximate surface area is 114 Å². The fourth-order valence-corrected chi connectivity index (χ4v) is 2.31. The molecule has 1 aromatic carbocycles. The van der Waals surface area contributed by atoms with Gasteiger partial charge in [0, 0.05) is 18.3 Å². The third-order valence-electron chi connectivity index (χ3n) is 2.82. The van der Waals surface area contributed by atoms with Gasteiger partial charge in [0.2, 0.25) is 0 Å². The van der Waals surface area contributed by atoms with Gasteiger partial charge in [-0.15, -0.1) is 0 Å². The molecule has 0 spiro atoms. The van der Waals surface area contributed by atoms with Crippen LogP contribution in [0.25, 0.3) is 0 Å². The first kappa shape index (κ1) is 13.2. The van der Waals surface area contributed by atoms with Crippen LogP contribution >= 0.6 is 15.9 Å². The Bertz CT molecular complexity index is 539. The molecule has 1 atom stereocenters. The van der Waals surface area contributed by atoms with Crippen molar-refractivity contribution in [3.63, 3.8) is 0 Å². The molecular weight excluding hydrogens is 297 g/mol. The summed E-state index contributed by atoms with van der Waals surface area (Å²) in [6, 6.07) is 6.48. The Balaban J connectivity index is 2.38. The molecule has 2 N–H and O–H groups in total. The molecule has 0 bridgehead atoms. The van der Waals surface area contributed by atoms with E-state index < -0.39 is 6.04 Å². The lowest BCUT2D eigenvalue weighted by Crippen LogP contribution is -2.19. The van der Waals surface area contributed by atoms with Crippen molar-refractivity contribution in [1.82, 2.24) is 9.78 Å². The van der Waals surface area contributed by atoms with Gasteiger partial charge < -0.3 is 5.73 Å². The molecular formula is C13H15BrFN3. The molecule has 0 radical (unpaired) electrons. The summed E-state index contributed by atoms with van der Waals surface area (Å²) in [4.78, 5) is 0. The maximum atomic E-state index is 14.0. The third kappa shape index (κ3) is 2.47. The highest BCUT2D eigenvalue weighted by Gasteiger charge is 2.18. The molecule has 0 saturated heterocycles. The summed E-state index contributed by atoms with van der Waals surface area (Å²) in [5.41, 5.74) is 7.44. The number of nitrogens with zero attached hydrogens (tertiary/aromatic N) is 2. The van der Waals surface area contributed by atoms with Crippen LogP contribution in [0, 0.1) is 5.82 Å². The van der Waals surface area contributed by atoms with E-state index in [0.29, 0.717) is 10.0 Å². The number of hydrogen-bond donors (Lipinski definition) is 1. The average Bonchev–Trinajstić information content (AvgIpc) is 2.80. The van der Waals surface area contributed by atoms with E-state index in [9.17, 15) is 4.39 Å². The van der Waals surface area contributed by atoms with Crippen molar-refractivity contribution < 1.29 is 4.39 Å². The van der Waals surface area contributed by atoms with Crippen molar-refractivity contribution >= 4 is 15.9 Å². The molecule has 0 aliphatic carbocycles. The Kier molecular flexibility index (Phi) is 4.14. The van der Waals surface area contributed by atoms with Gasteiger partial charge in [-0.1, -0.05) is 19.1 Å². The van der Waals surface area contributed by atoms with Gasteiger partial charge in [-0.2, -0.15) is 5.10 Å². The number of aryl methyl sites for hydroxylation is 1. The van der Waals surface area contributed by atoms with Crippen molar-refractivity contribution in [3.05, 3.63) is 52.0 Å². The van der Waals surface area contributed by atoms with Crippen LogP contribution in [0.4, 0.5) is 4.39 Å². The minimum Gasteiger partial charge on any atom is -0.319 e. The summed E-state index contributed by atoms with van der Waals surface area (Å²) in [5.74, 6) is -0.311. The Morgan fingerprint density at radius 3 is 2.94 bits per heavy atom. The molecule has 0 amide bonds. The monoisotopic (exact) mass is 311 g/mol. The second kappa shape index (κ2) is 5.63. The first-order chi connectivity index (χ1) is 8.65. The van der Waals surface area contributed by atoms with E-state index in [1.807, 2.05) is 10.7 Å². The summed E-state index contributed by atoms with van der Waals surface area (Å²) in [5, 5.41) is 4.21. The molecule has 0 fully saturated rings. The van der Waals surface area contributed by atoms with Crippen molar-refractivity contribution in [2.75, 3.05) is 0 Å². The molecule has 18 heavy (non-hydrogen) atoms. The fraction of sp³-hybridized carbons (Fsp3) is 0.308. The number of aromatic nitrogens is 2. The molecule has 3 nitrogen and oxygen atoms in total. The van der Waals surface area contributed by atoms with Gasteiger partial charge in [0.1, 0.15) is 5.82 Å². The van der Waals surface area contributed by atoms with Crippen LogP contribution < -0.4 is 5.73 Å². The maximum Gasteiger partial charge on any atom is 0.142 e. The molecule has 1 heterocycles. The van der Waals surface area contributed by atoms with E-state index >= 15 is 0 Å². The van der Waals surface area contributed by atoms with Crippen molar-refractivity contribution in [2.24, 2.45) is 5.73 Å². The van der Waals surface area contributed by atoms with Crippen LogP contribution in [-0.4, -0.2) is 9.78 Å². The highest BCUT2D eigenvalue weighted by atomic mass is 79.9. The Morgan fingerprint density at radius 2 is 2.22 bits per heavy atom. The topological polar surface area (TPSA) is 43.8 Å². The van der Waals surface area contributed by atoms with Gasteiger partial charge in [0.15, 0.2) is 0 Å². The molecule has 5 heteroatoms. The second-order valence-corrected chi connectivity index (χ2v) is 4.95. The largest absolute Gasteiger partial charge is 0.319 e. The van der Waals surface area contributed by atoms with Crippen LogP contribution in [0.2, 0.25) is 0 Å². The van der Waals surface area contributed by atoms with Crippen molar-refractivity contribution in [1.29, 1.82) is 0 Å². The van der Waals surface area contributed by atoms with Crippen LogP contribution in [0.1, 0.15) is 30.6 Å². The summed E-state index contributed by atoms with van der Waals surface area (Å²) in [6.45, 7) is 2.85. The first-order valence-electron chi connectivity index (χ1n) is 5.86. The zero-order chi connectivity index (χ0) is 13.1. The van der Waals surface area contributed by atoms with Crippen molar-refractivity contribution in [3.8, 4) is 0 Å². The number of hydrogen-bond acceptors (Lipinski definition) is 2. The zero-order valence-corrected chi connectivity index (χ0v) is 11.7. The van der Waals surface area contributed by atoms with Gasteiger partial charge in [-0.05, 0) is 34.5 Å². The quantitative estimate of drug-likeness (QED) is 0.942. The maximum absolute atomic E-state index is 14.0. The summed E-state index contributed by atoms with van der Waals surface area (Å²) >= 11 is 3.17. The average molecular weight is 312 g/mol. The van der Waals surface area contributed by atoms with Gasteiger partial charge in [-0.3, -0.25) is 4.68 Å². The van der Waals surface area contributed by atoms with Crippen molar-refractivity contribution in [2.45, 2.75) is 25.9 Å². The smallest absolute Gasteiger partial charge is 0.142 e. The SMILES string of the molecule is CCCn1nccc1C(N)c1cccc(Br)c1F. The predicted octanol–water partition coefficient (Wildman–Crippen LogP) is 3.24. The minimum absolute atomic E-state index is 0.311. The summed E-state index contributed by atoms with van der Waals surface area (Å²) < 4.78 is 16.3. The number of rotatable bonds is 4. The number of benzene rings is 1. The van der Waals surface area contributed by atoms with E-state index in [-0.39, 0.29) is 5.82 Å². The Hall–Kier alpha value is -1.20. The lowest BCUT2D eigenvalue weighted by molar-refractivity contribution is 0.543. The number of nitrogens with two attached hydrogens (primary N) is 1. The predicted molar refractivity (Wildman–Crippen MR) is 72.6 cm³/mol. The van der Waals surface area contributed by atoms with Gasteiger partial charge in [0.25, 0.3) is 0 Å². The molecule has 1 unspecified atom stereocenters. The van der Waals surface area contributed by atoms with Gasteiger partial charge >= 0.3 is 0 Å². The van der Waals surface area contributed by atoms with E-state index in [0.717, 1.165) is 18.7 Å². The highest BCUT2D eigenvalue weighted by molar-refractivity contribution is 9.10. The second-order valence-electron chi connectivity index (χ2n) is 4.10. The molecule has 0 aliphatic heterocycles. The number of halogens is 2. The van der Waals surface area contributed by atoms with Crippen LogP contribution in [0.3, 0.4) is 0 Å². The molecule has 2 rings (SSSR count). The van der Waals surface area contributed by atoms with Gasteiger partial charge in [-0.25, -0.2) is 4.39 Å². The third-order valence-corrected chi connectivity index (χ3v) is 3.43. The normalized spacial score (nSPS) is 12.7. The van der Waals surface area contributed by atoms with Crippen LogP contribution in [0.5, 0.6) is 0 Å². The lowest BCUT2D eigenvalue weighted by Gasteiger charge is -2.15. The molecule has 2 aromatic rings. The Morgan fingerprint density at radius 1 is 1.44 bits per heavy atom. The van der Waals surface area contributed by atoms with Crippen LogP contribution in [-0.2, 0) is 6.54 Å². The lowest BCUT2D eigenvalue weighted by atomic mass is 10.0. The summed E-state index contributed by atoms with van der Waals surface area (Å²) in [6.07, 6.45) is 2.66.